The predicted octanol–water partition coefficient (Wildman–Crippen LogP) is 0.762. The van der Waals surface area contributed by atoms with Crippen LogP contribution in [0.2, 0.25) is 0 Å². The largest absolute Gasteiger partial charge is 0.486 e. The van der Waals surface area contributed by atoms with E-state index >= 15 is 0 Å². The van der Waals surface area contributed by atoms with Gasteiger partial charge in [0.05, 0.1) is 6.54 Å². The Morgan fingerprint density at radius 2 is 2.00 bits per heavy atom. The third-order valence-electron chi connectivity index (χ3n) is 5.92. The fourth-order valence-corrected chi connectivity index (χ4v) is 4.42. The van der Waals surface area contributed by atoms with Gasteiger partial charge in [-0.1, -0.05) is 6.07 Å². The van der Waals surface area contributed by atoms with Gasteiger partial charge < -0.3 is 19.7 Å². The van der Waals surface area contributed by atoms with E-state index in [4.69, 9.17) is 9.47 Å². The van der Waals surface area contributed by atoms with Crippen LogP contribution in [0.15, 0.2) is 18.2 Å². The molecular weight excluding hydrogens is 350 g/mol. The van der Waals surface area contributed by atoms with E-state index in [-0.39, 0.29) is 30.2 Å². The number of benzene rings is 1. The number of piperidine rings is 1. The smallest absolute Gasteiger partial charge is 0.322 e. The number of carbonyl (C=O) groups excluding carboxylic acids is 3. The van der Waals surface area contributed by atoms with Crippen molar-refractivity contribution < 1.29 is 23.9 Å². The number of carbonyl (C=O) groups is 3. The Kier molecular flexibility index (Phi) is 3.57. The summed E-state index contributed by atoms with van der Waals surface area (Å²) >= 11 is 0. The molecule has 3 fully saturated rings. The van der Waals surface area contributed by atoms with Gasteiger partial charge >= 0.3 is 6.03 Å². The highest BCUT2D eigenvalue weighted by Gasteiger charge is 2.52. The Hall–Kier alpha value is -2.77. The second kappa shape index (κ2) is 5.87. The van der Waals surface area contributed by atoms with Crippen LogP contribution in [0, 0.1) is 5.92 Å². The van der Waals surface area contributed by atoms with Crippen LogP contribution in [-0.4, -0.2) is 54.6 Å². The highest BCUT2D eigenvalue weighted by molar-refractivity contribution is 6.07. The Labute approximate surface area is 156 Å². The fraction of sp³-hybridized carbons (Fsp3) is 0.526. The number of rotatable bonds is 2. The Morgan fingerprint density at radius 3 is 2.78 bits per heavy atom. The summed E-state index contributed by atoms with van der Waals surface area (Å²) in [5, 5.41) is 5.01. The molecule has 5 rings (SSSR count). The second-order valence-electron chi connectivity index (χ2n) is 7.71. The number of hydrogen-bond acceptors (Lipinski definition) is 5. The average molecular weight is 371 g/mol. The molecule has 3 aliphatic heterocycles. The quantitative estimate of drug-likeness (QED) is 0.749. The van der Waals surface area contributed by atoms with Crippen molar-refractivity contribution in [3.8, 4) is 11.5 Å². The molecule has 4 amide bonds. The van der Waals surface area contributed by atoms with Crippen molar-refractivity contribution in [3.63, 3.8) is 0 Å². The van der Waals surface area contributed by atoms with Gasteiger partial charge in [0.25, 0.3) is 5.91 Å². The molecule has 0 aromatic heterocycles. The van der Waals surface area contributed by atoms with Crippen LogP contribution in [0.4, 0.5) is 4.79 Å². The predicted molar refractivity (Wildman–Crippen MR) is 93.5 cm³/mol. The lowest BCUT2D eigenvalue weighted by Crippen LogP contribution is -2.59. The molecule has 3 atom stereocenters. The van der Waals surface area contributed by atoms with E-state index in [2.05, 4.69) is 10.6 Å². The Balaban J connectivity index is 1.28. The normalized spacial score (nSPS) is 31.5. The topological polar surface area (TPSA) is 97.0 Å². The van der Waals surface area contributed by atoms with Gasteiger partial charge in [0, 0.05) is 12.5 Å². The van der Waals surface area contributed by atoms with E-state index in [0.717, 1.165) is 23.5 Å². The number of nitrogens with zero attached hydrogens (tertiary/aromatic N) is 1. The molecule has 2 N–H and O–H groups in total. The standard InChI is InChI=1S/C19H21N3O5/c23-16(22-5-1-4-19(10-22)17(24)20-18(25)21-19)13-9-12(13)11-2-3-14-15(8-11)27-7-6-26-14/h2-3,8,12-13H,1,4-7,9-10H2,(H2,20,21,24,25)/t12-,13-,19-/m1/s1. The fourth-order valence-electron chi connectivity index (χ4n) is 4.42. The number of nitrogens with one attached hydrogen (secondary N) is 2. The van der Waals surface area contributed by atoms with Gasteiger partial charge in [-0.15, -0.1) is 0 Å². The summed E-state index contributed by atoms with van der Waals surface area (Å²) in [4.78, 5) is 38.4. The van der Waals surface area contributed by atoms with Gasteiger partial charge in [0.2, 0.25) is 5.91 Å². The molecule has 0 bridgehead atoms. The molecule has 27 heavy (non-hydrogen) atoms. The lowest BCUT2D eigenvalue weighted by atomic mass is 9.89. The maximum atomic E-state index is 13.0. The maximum Gasteiger partial charge on any atom is 0.322 e. The van der Waals surface area contributed by atoms with Gasteiger partial charge in [0.1, 0.15) is 18.8 Å². The first kappa shape index (κ1) is 16.4. The van der Waals surface area contributed by atoms with E-state index in [1.807, 2.05) is 18.2 Å². The number of urea groups is 1. The monoisotopic (exact) mass is 371 g/mol. The zero-order valence-electron chi connectivity index (χ0n) is 14.8. The minimum Gasteiger partial charge on any atom is -0.486 e. The van der Waals surface area contributed by atoms with Crippen LogP contribution in [0.25, 0.3) is 0 Å². The number of amides is 4. The van der Waals surface area contributed by atoms with Gasteiger partial charge in [-0.05, 0) is 42.9 Å². The van der Waals surface area contributed by atoms with Crippen molar-refractivity contribution in [1.29, 1.82) is 0 Å². The van der Waals surface area contributed by atoms with Gasteiger partial charge in [0.15, 0.2) is 11.5 Å². The molecule has 3 heterocycles. The SMILES string of the molecule is O=C1NC(=O)[C@]2(CCCN(C(=O)[C@@H]3C[C@@H]3c3ccc4c(c3)OCCO4)C2)N1. The van der Waals surface area contributed by atoms with Crippen LogP contribution in [0.1, 0.15) is 30.7 Å². The summed E-state index contributed by atoms with van der Waals surface area (Å²) in [5.41, 5.74) is 0.114. The van der Waals surface area contributed by atoms with Gasteiger partial charge in [-0.2, -0.15) is 0 Å². The van der Waals surface area contributed by atoms with Gasteiger partial charge in [-0.3, -0.25) is 14.9 Å². The van der Waals surface area contributed by atoms with Crippen LogP contribution in [0.3, 0.4) is 0 Å². The van der Waals surface area contributed by atoms with E-state index < -0.39 is 11.6 Å². The molecule has 1 aromatic rings. The average Bonchev–Trinajstić information content (AvgIpc) is 3.43. The molecule has 8 nitrogen and oxygen atoms in total. The first-order valence-electron chi connectivity index (χ1n) is 9.38. The summed E-state index contributed by atoms with van der Waals surface area (Å²) in [6, 6.07) is 5.38. The number of ether oxygens (including phenoxy) is 2. The summed E-state index contributed by atoms with van der Waals surface area (Å²) < 4.78 is 11.2. The number of imide groups is 1. The van der Waals surface area contributed by atoms with Crippen molar-refractivity contribution in [2.45, 2.75) is 30.7 Å². The van der Waals surface area contributed by atoms with Crippen molar-refractivity contribution in [3.05, 3.63) is 23.8 Å². The summed E-state index contributed by atoms with van der Waals surface area (Å²) in [5.74, 6) is 1.29. The zero-order chi connectivity index (χ0) is 18.6. The third-order valence-corrected chi connectivity index (χ3v) is 5.92. The molecule has 0 radical (unpaired) electrons. The van der Waals surface area contributed by atoms with Crippen LogP contribution >= 0.6 is 0 Å². The molecule has 8 heteroatoms. The molecule has 0 unspecified atom stereocenters. The summed E-state index contributed by atoms with van der Waals surface area (Å²) in [6.45, 7) is 1.95. The van der Waals surface area contributed by atoms with E-state index in [0.29, 0.717) is 32.6 Å². The number of hydrogen-bond donors (Lipinski definition) is 2. The summed E-state index contributed by atoms with van der Waals surface area (Å²) in [6.07, 6.45) is 2.05. The molecule has 142 valence electrons. The van der Waals surface area contributed by atoms with Crippen molar-refractivity contribution in [1.82, 2.24) is 15.5 Å². The molecule has 1 saturated carbocycles. The molecule has 1 aromatic carbocycles. The van der Waals surface area contributed by atoms with Crippen LogP contribution in [-0.2, 0) is 9.59 Å². The molecule has 4 aliphatic rings. The first-order chi connectivity index (χ1) is 13.1. The minimum atomic E-state index is -0.966. The molecule has 2 saturated heterocycles. The third kappa shape index (κ3) is 2.70. The van der Waals surface area contributed by atoms with Crippen molar-refractivity contribution in [2.75, 3.05) is 26.3 Å². The molecule has 1 spiro atoms. The zero-order valence-corrected chi connectivity index (χ0v) is 14.8. The molecule has 1 aliphatic carbocycles. The Bertz CT molecular complexity index is 841. The van der Waals surface area contributed by atoms with Crippen LogP contribution < -0.4 is 20.1 Å². The van der Waals surface area contributed by atoms with Crippen LogP contribution in [0.5, 0.6) is 11.5 Å². The maximum absolute atomic E-state index is 13.0. The number of fused-ring (bicyclic) bond motifs is 1. The highest BCUT2D eigenvalue weighted by atomic mass is 16.6. The van der Waals surface area contributed by atoms with E-state index in [9.17, 15) is 14.4 Å². The van der Waals surface area contributed by atoms with E-state index in [1.165, 1.54) is 0 Å². The second-order valence-corrected chi connectivity index (χ2v) is 7.71. The molecular formula is C19H21N3O5. The van der Waals surface area contributed by atoms with Gasteiger partial charge in [-0.25, -0.2) is 4.79 Å². The Morgan fingerprint density at radius 1 is 1.19 bits per heavy atom. The minimum absolute atomic E-state index is 0.0583. The van der Waals surface area contributed by atoms with Crippen molar-refractivity contribution in [2.24, 2.45) is 5.92 Å². The van der Waals surface area contributed by atoms with Crippen molar-refractivity contribution >= 4 is 17.8 Å². The summed E-state index contributed by atoms with van der Waals surface area (Å²) in [7, 11) is 0. The number of likely N-dealkylation sites (tertiary alicyclic amines) is 1. The first-order valence-corrected chi connectivity index (χ1v) is 9.38. The lowest BCUT2D eigenvalue weighted by Gasteiger charge is -2.38. The highest BCUT2D eigenvalue weighted by Crippen LogP contribution is 2.50. The van der Waals surface area contributed by atoms with E-state index in [1.54, 1.807) is 4.90 Å². The lowest BCUT2D eigenvalue weighted by molar-refractivity contribution is -0.137.